The lowest BCUT2D eigenvalue weighted by atomic mass is 10.1. The van der Waals surface area contributed by atoms with Crippen molar-refractivity contribution >= 4 is 5.82 Å². The van der Waals surface area contributed by atoms with Crippen LogP contribution >= 0.6 is 0 Å². The summed E-state index contributed by atoms with van der Waals surface area (Å²) in [6, 6.07) is 1.44. The number of anilines is 1. The molecule has 2 heterocycles. The van der Waals surface area contributed by atoms with Gasteiger partial charge in [0.05, 0.1) is 6.61 Å². The summed E-state index contributed by atoms with van der Waals surface area (Å²) in [7, 11) is 1.39. The first-order chi connectivity index (χ1) is 8.58. The number of nitrogens with two attached hydrogens (primary N) is 1. The molecule has 1 aromatic rings. The minimum Gasteiger partial charge on any atom is -0.394 e. The molecule has 8 heteroatoms. The molecule has 0 aromatic carbocycles. The van der Waals surface area contributed by atoms with Crippen LogP contribution in [0.1, 0.15) is 6.23 Å². The Kier molecular flexibility index (Phi) is 3.62. The molecule has 0 saturated carbocycles. The van der Waals surface area contributed by atoms with Crippen molar-refractivity contribution in [1.29, 1.82) is 0 Å². The number of hydrogen-bond donors (Lipinski definition) is 3. The molecule has 1 aliphatic heterocycles. The van der Waals surface area contributed by atoms with Gasteiger partial charge in [0.15, 0.2) is 6.23 Å². The monoisotopic (exact) mass is 257 g/mol. The number of aliphatic hydroxyl groups is 2. The molecule has 0 radical (unpaired) electrons. The van der Waals surface area contributed by atoms with Gasteiger partial charge < -0.3 is 25.4 Å². The van der Waals surface area contributed by atoms with E-state index in [9.17, 15) is 9.90 Å². The number of nitrogens with zero attached hydrogens (tertiary/aromatic N) is 2. The Morgan fingerprint density at radius 1 is 1.67 bits per heavy atom. The first kappa shape index (κ1) is 13.0. The summed E-state index contributed by atoms with van der Waals surface area (Å²) < 4.78 is 11.7. The van der Waals surface area contributed by atoms with Gasteiger partial charge in [-0.1, -0.05) is 0 Å². The zero-order chi connectivity index (χ0) is 13.3. The molecule has 0 bridgehead atoms. The van der Waals surface area contributed by atoms with E-state index in [2.05, 4.69) is 4.98 Å². The predicted octanol–water partition coefficient (Wildman–Crippen LogP) is -1.91. The number of rotatable bonds is 3. The second-order valence-corrected chi connectivity index (χ2v) is 3.98. The number of hydrogen-bond acceptors (Lipinski definition) is 7. The van der Waals surface area contributed by atoms with Crippen LogP contribution in [0.4, 0.5) is 5.82 Å². The van der Waals surface area contributed by atoms with Crippen LogP contribution in [0, 0.1) is 0 Å². The molecule has 0 unspecified atom stereocenters. The van der Waals surface area contributed by atoms with E-state index in [4.69, 9.17) is 20.3 Å². The smallest absolute Gasteiger partial charge is 0.351 e. The molecule has 0 amide bonds. The maximum atomic E-state index is 11.7. The number of aliphatic hydroxyl groups excluding tert-OH is 2. The third-order valence-electron chi connectivity index (χ3n) is 2.89. The Hall–Kier alpha value is -1.48. The van der Waals surface area contributed by atoms with Crippen LogP contribution in [0.3, 0.4) is 0 Å². The molecule has 1 aromatic heterocycles. The summed E-state index contributed by atoms with van der Waals surface area (Å²) in [6.45, 7) is -0.366. The van der Waals surface area contributed by atoms with Crippen molar-refractivity contribution in [3.05, 3.63) is 22.7 Å². The van der Waals surface area contributed by atoms with Gasteiger partial charge in [0, 0.05) is 13.3 Å². The summed E-state index contributed by atoms with van der Waals surface area (Å²) in [5.74, 6) is 0.0995. The van der Waals surface area contributed by atoms with Crippen molar-refractivity contribution in [3.63, 3.8) is 0 Å². The third kappa shape index (κ3) is 2.10. The second kappa shape index (κ2) is 5.02. The van der Waals surface area contributed by atoms with Gasteiger partial charge in [-0.25, -0.2) is 4.79 Å². The van der Waals surface area contributed by atoms with Crippen molar-refractivity contribution in [2.24, 2.45) is 0 Å². The Bertz CT molecular complexity index is 477. The van der Waals surface area contributed by atoms with E-state index in [-0.39, 0.29) is 12.4 Å². The van der Waals surface area contributed by atoms with Gasteiger partial charge in [0.25, 0.3) is 0 Å². The third-order valence-corrected chi connectivity index (χ3v) is 2.89. The van der Waals surface area contributed by atoms with E-state index < -0.39 is 30.2 Å². The Morgan fingerprint density at radius 2 is 2.39 bits per heavy atom. The molecule has 8 nitrogen and oxygen atoms in total. The van der Waals surface area contributed by atoms with Crippen LogP contribution in [0.2, 0.25) is 0 Å². The van der Waals surface area contributed by atoms with Crippen LogP contribution in [-0.2, 0) is 9.47 Å². The lowest BCUT2D eigenvalue weighted by molar-refractivity contribution is -0.0624. The van der Waals surface area contributed by atoms with Crippen molar-refractivity contribution in [2.45, 2.75) is 24.5 Å². The average molecular weight is 257 g/mol. The summed E-state index contributed by atoms with van der Waals surface area (Å²) in [5.41, 5.74) is 4.78. The predicted molar refractivity (Wildman–Crippen MR) is 60.7 cm³/mol. The number of aromatic nitrogens is 2. The first-order valence-electron chi connectivity index (χ1n) is 5.40. The van der Waals surface area contributed by atoms with Gasteiger partial charge in [-0.3, -0.25) is 4.57 Å². The van der Waals surface area contributed by atoms with Crippen LogP contribution in [0.5, 0.6) is 0 Å². The van der Waals surface area contributed by atoms with Gasteiger partial charge >= 0.3 is 5.69 Å². The number of methoxy groups -OCH3 is 1. The average Bonchev–Trinajstić information content (AvgIpc) is 2.65. The minimum atomic E-state index is -1.02. The van der Waals surface area contributed by atoms with Gasteiger partial charge in [-0.15, -0.1) is 0 Å². The fourth-order valence-electron chi connectivity index (χ4n) is 1.97. The molecule has 1 fully saturated rings. The topological polar surface area (TPSA) is 120 Å². The summed E-state index contributed by atoms with van der Waals surface area (Å²) in [5, 5.41) is 18.9. The van der Waals surface area contributed by atoms with Crippen molar-refractivity contribution in [3.8, 4) is 0 Å². The molecular weight excluding hydrogens is 242 g/mol. The lowest BCUT2D eigenvalue weighted by Crippen LogP contribution is -2.37. The Morgan fingerprint density at radius 3 is 2.94 bits per heavy atom. The second-order valence-electron chi connectivity index (χ2n) is 3.98. The summed E-state index contributed by atoms with van der Waals surface area (Å²) in [6.07, 6.45) is -2.01. The quantitative estimate of drug-likeness (QED) is 0.578. The molecule has 1 saturated heterocycles. The SMILES string of the molecule is CO[C@H]1[C@H](O)[C@@H](CO)O[C@@H]1n1ccc(N)nc1=O. The highest BCUT2D eigenvalue weighted by Crippen LogP contribution is 2.30. The molecule has 4 atom stereocenters. The van der Waals surface area contributed by atoms with Crippen LogP contribution in [0.15, 0.2) is 17.1 Å². The van der Waals surface area contributed by atoms with Gasteiger partial charge in [-0.05, 0) is 6.07 Å². The molecule has 100 valence electrons. The van der Waals surface area contributed by atoms with Crippen molar-refractivity contribution in [1.82, 2.24) is 9.55 Å². The minimum absolute atomic E-state index is 0.0995. The summed E-state index contributed by atoms with van der Waals surface area (Å²) >= 11 is 0. The van der Waals surface area contributed by atoms with Gasteiger partial charge in [0.1, 0.15) is 24.1 Å². The zero-order valence-electron chi connectivity index (χ0n) is 9.76. The standard InChI is InChI=1S/C10H15N3O5/c1-17-8-7(15)5(4-14)18-9(8)13-3-2-6(11)12-10(13)16/h2-3,5,7-9,14-15H,4H2,1H3,(H2,11,12,16)/t5-,7-,8+,9+/m1/s1. The molecule has 1 aliphatic rings. The largest absolute Gasteiger partial charge is 0.394 e. The Labute approximate surface area is 103 Å². The van der Waals surface area contributed by atoms with Crippen LogP contribution in [-0.4, -0.2) is 51.8 Å². The highest BCUT2D eigenvalue weighted by molar-refractivity contribution is 5.23. The lowest BCUT2D eigenvalue weighted by Gasteiger charge is -2.20. The van der Waals surface area contributed by atoms with Crippen molar-refractivity contribution in [2.75, 3.05) is 19.5 Å². The molecule has 0 aliphatic carbocycles. The molecule has 0 spiro atoms. The van der Waals surface area contributed by atoms with Crippen LogP contribution < -0.4 is 11.4 Å². The van der Waals surface area contributed by atoms with E-state index in [0.717, 1.165) is 0 Å². The molecule has 4 N–H and O–H groups in total. The zero-order valence-corrected chi connectivity index (χ0v) is 9.76. The van der Waals surface area contributed by atoms with E-state index >= 15 is 0 Å². The van der Waals surface area contributed by atoms with E-state index in [1.807, 2.05) is 0 Å². The maximum absolute atomic E-state index is 11.7. The fraction of sp³-hybridized carbons (Fsp3) is 0.600. The summed E-state index contributed by atoms with van der Waals surface area (Å²) in [4.78, 5) is 15.3. The number of ether oxygens (including phenoxy) is 2. The van der Waals surface area contributed by atoms with Gasteiger partial charge in [-0.2, -0.15) is 4.98 Å². The molecule has 2 rings (SSSR count). The molecular formula is C10H15N3O5. The normalized spacial score (nSPS) is 31.7. The van der Waals surface area contributed by atoms with Gasteiger partial charge in [0.2, 0.25) is 0 Å². The maximum Gasteiger partial charge on any atom is 0.351 e. The van der Waals surface area contributed by atoms with E-state index in [1.54, 1.807) is 0 Å². The fourth-order valence-corrected chi connectivity index (χ4v) is 1.97. The number of nitrogen functional groups attached to an aromatic ring is 1. The molecule has 18 heavy (non-hydrogen) atoms. The van der Waals surface area contributed by atoms with E-state index in [0.29, 0.717) is 0 Å². The Balaban J connectivity index is 2.35. The highest BCUT2D eigenvalue weighted by Gasteiger charge is 2.45. The highest BCUT2D eigenvalue weighted by atomic mass is 16.6. The van der Waals surface area contributed by atoms with Crippen molar-refractivity contribution < 1.29 is 19.7 Å². The van der Waals surface area contributed by atoms with E-state index in [1.165, 1.54) is 23.9 Å². The van der Waals surface area contributed by atoms with Crippen LogP contribution in [0.25, 0.3) is 0 Å². The first-order valence-corrected chi connectivity index (χ1v) is 5.40.